The monoisotopic (exact) mass is 234 g/mol. The van der Waals surface area contributed by atoms with Crippen LogP contribution < -0.4 is 11.1 Å². The summed E-state index contributed by atoms with van der Waals surface area (Å²) in [6.45, 7) is 1.97. The molecule has 4 nitrogen and oxygen atoms in total. The maximum atomic E-state index is 12.8. The van der Waals surface area contributed by atoms with E-state index in [0.717, 1.165) is 5.56 Å². The fourth-order valence-electron chi connectivity index (χ4n) is 1.66. The lowest BCUT2D eigenvalue weighted by Crippen LogP contribution is -2.08. The number of nitrogen functional groups attached to an aromatic ring is 1. The molecule has 0 aliphatic carbocycles. The third-order valence-electron chi connectivity index (χ3n) is 2.58. The third kappa shape index (κ3) is 2.55. The summed E-state index contributed by atoms with van der Waals surface area (Å²) in [5.41, 5.74) is 7.37. The van der Waals surface area contributed by atoms with Gasteiger partial charge in [-0.2, -0.15) is 5.10 Å². The van der Waals surface area contributed by atoms with Gasteiger partial charge in [0.2, 0.25) is 0 Å². The first-order valence-corrected chi connectivity index (χ1v) is 5.37. The van der Waals surface area contributed by atoms with Crippen molar-refractivity contribution in [2.24, 2.45) is 7.05 Å². The summed E-state index contributed by atoms with van der Waals surface area (Å²) in [4.78, 5) is 0. The van der Waals surface area contributed by atoms with Crippen molar-refractivity contribution in [1.82, 2.24) is 9.78 Å². The van der Waals surface area contributed by atoms with Crippen LogP contribution in [0.4, 0.5) is 15.9 Å². The topological polar surface area (TPSA) is 55.9 Å². The van der Waals surface area contributed by atoms with Crippen molar-refractivity contribution in [3.8, 4) is 0 Å². The van der Waals surface area contributed by atoms with E-state index in [1.807, 2.05) is 14.0 Å². The number of hydrogen-bond acceptors (Lipinski definition) is 3. The molecular formula is C12H15FN4. The van der Waals surface area contributed by atoms with Crippen LogP contribution in [-0.4, -0.2) is 9.78 Å². The molecule has 1 aromatic heterocycles. The Hall–Kier alpha value is -2.04. The molecule has 5 heteroatoms. The molecule has 1 unspecified atom stereocenters. The minimum atomic E-state index is -0.238. The molecular weight excluding hydrogens is 219 g/mol. The van der Waals surface area contributed by atoms with E-state index < -0.39 is 0 Å². The number of halogens is 1. The molecule has 0 aliphatic heterocycles. The number of aromatic nitrogens is 2. The van der Waals surface area contributed by atoms with Gasteiger partial charge in [0.1, 0.15) is 5.82 Å². The van der Waals surface area contributed by atoms with Gasteiger partial charge >= 0.3 is 0 Å². The lowest BCUT2D eigenvalue weighted by atomic mass is 10.1. The van der Waals surface area contributed by atoms with Crippen LogP contribution in [0.25, 0.3) is 0 Å². The molecule has 0 aliphatic rings. The smallest absolute Gasteiger partial charge is 0.171 e. The van der Waals surface area contributed by atoms with Gasteiger partial charge in [-0.3, -0.25) is 4.68 Å². The minimum absolute atomic E-state index is 0.0211. The summed E-state index contributed by atoms with van der Waals surface area (Å²) in [6, 6.07) is 6.39. The molecule has 3 N–H and O–H groups in total. The van der Waals surface area contributed by atoms with Crippen molar-refractivity contribution >= 4 is 11.5 Å². The van der Waals surface area contributed by atoms with Crippen LogP contribution in [0.5, 0.6) is 0 Å². The van der Waals surface area contributed by atoms with Crippen molar-refractivity contribution in [2.75, 3.05) is 11.1 Å². The van der Waals surface area contributed by atoms with E-state index in [2.05, 4.69) is 10.4 Å². The number of anilines is 2. The van der Waals surface area contributed by atoms with Crippen LogP contribution in [-0.2, 0) is 7.05 Å². The number of benzene rings is 1. The number of aryl methyl sites for hydroxylation is 1. The molecule has 2 aromatic rings. The molecule has 17 heavy (non-hydrogen) atoms. The Morgan fingerprint density at radius 1 is 1.35 bits per heavy atom. The Bertz CT molecular complexity index is 504. The molecule has 1 heterocycles. The Kier molecular flexibility index (Phi) is 2.99. The first kappa shape index (κ1) is 11.4. The molecule has 0 fully saturated rings. The highest BCUT2D eigenvalue weighted by Crippen LogP contribution is 2.22. The third-order valence-corrected chi connectivity index (χ3v) is 2.58. The highest BCUT2D eigenvalue weighted by Gasteiger charge is 2.09. The molecule has 0 bridgehead atoms. The molecule has 1 aromatic carbocycles. The van der Waals surface area contributed by atoms with Crippen molar-refractivity contribution in [3.63, 3.8) is 0 Å². The Morgan fingerprint density at radius 2 is 2.00 bits per heavy atom. The van der Waals surface area contributed by atoms with Crippen molar-refractivity contribution < 1.29 is 4.39 Å². The van der Waals surface area contributed by atoms with Gasteiger partial charge in [0.05, 0.1) is 11.7 Å². The van der Waals surface area contributed by atoms with Gasteiger partial charge in [-0.25, -0.2) is 4.39 Å². The van der Waals surface area contributed by atoms with Crippen molar-refractivity contribution in [3.05, 3.63) is 41.8 Å². The average molecular weight is 234 g/mol. The molecule has 2 rings (SSSR count). The Balaban J connectivity index is 2.13. The fourth-order valence-corrected chi connectivity index (χ4v) is 1.66. The van der Waals surface area contributed by atoms with Crippen LogP contribution in [0.3, 0.4) is 0 Å². The van der Waals surface area contributed by atoms with E-state index in [4.69, 9.17) is 5.73 Å². The zero-order chi connectivity index (χ0) is 12.4. The normalized spacial score (nSPS) is 12.4. The van der Waals surface area contributed by atoms with Gasteiger partial charge in [0, 0.05) is 13.2 Å². The van der Waals surface area contributed by atoms with Crippen LogP contribution in [0, 0.1) is 5.82 Å². The van der Waals surface area contributed by atoms with E-state index in [1.54, 1.807) is 23.0 Å². The predicted molar refractivity (Wildman–Crippen MR) is 66.1 cm³/mol. The first-order chi connectivity index (χ1) is 8.06. The number of rotatable bonds is 3. The van der Waals surface area contributed by atoms with Gasteiger partial charge in [-0.15, -0.1) is 0 Å². The average Bonchev–Trinajstić information content (AvgIpc) is 2.58. The second-order valence-corrected chi connectivity index (χ2v) is 4.02. The first-order valence-electron chi connectivity index (χ1n) is 5.37. The van der Waals surface area contributed by atoms with Crippen molar-refractivity contribution in [1.29, 1.82) is 0 Å². The zero-order valence-corrected chi connectivity index (χ0v) is 9.81. The second kappa shape index (κ2) is 4.45. The quantitative estimate of drug-likeness (QED) is 0.856. The standard InChI is InChI=1S/C12H15FN4/c1-8(9-3-5-10(13)6-4-9)15-12-11(14)7-17(2)16-12/h3-8H,14H2,1-2H3,(H,15,16). The van der Waals surface area contributed by atoms with E-state index in [0.29, 0.717) is 11.5 Å². The van der Waals surface area contributed by atoms with Gasteiger partial charge in [-0.05, 0) is 24.6 Å². The van der Waals surface area contributed by atoms with Crippen LogP contribution in [0.2, 0.25) is 0 Å². The molecule has 0 amide bonds. The van der Waals surface area contributed by atoms with Gasteiger partial charge in [0.15, 0.2) is 5.82 Å². The number of nitrogens with zero attached hydrogens (tertiary/aromatic N) is 2. The predicted octanol–water partition coefficient (Wildman–Crippen LogP) is 2.31. The van der Waals surface area contributed by atoms with Crippen LogP contribution in [0.1, 0.15) is 18.5 Å². The molecule has 0 saturated heterocycles. The van der Waals surface area contributed by atoms with E-state index in [9.17, 15) is 4.39 Å². The highest BCUT2D eigenvalue weighted by atomic mass is 19.1. The summed E-state index contributed by atoms with van der Waals surface area (Å²) in [5.74, 6) is 0.405. The number of nitrogens with two attached hydrogens (primary N) is 1. The van der Waals surface area contributed by atoms with Crippen LogP contribution in [0.15, 0.2) is 30.5 Å². The second-order valence-electron chi connectivity index (χ2n) is 4.02. The lowest BCUT2D eigenvalue weighted by molar-refractivity contribution is 0.626. The van der Waals surface area contributed by atoms with Gasteiger partial charge in [-0.1, -0.05) is 12.1 Å². The fraction of sp³-hybridized carbons (Fsp3) is 0.250. The Morgan fingerprint density at radius 3 is 2.53 bits per heavy atom. The van der Waals surface area contributed by atoms with E-state index in [1.165, 1.54) is 12.1 Å². The molecule has 0 spiro atoms. The van der Waals surface area contributed by atoms with E-state index in [-0.39, 0.29) is 11.9 Å². The SMILES string of the molecule is CC(Nc1nn(C)cc1N)c1ccc(F)cc1. The molecule has 90 valence electrons. The number of nitrogens with one attached hydrogen (secondary N) is 1. The Labute approximate surface area is 99.2 Å². The minimum Gasteiger partial charge on any atom is -0.394 e. The summed E-state index contributed by atoms with van der Waals surface area (Å²) in [5, 5.41) is 7.39. The van der Waals surface area contributed by atoms with Crippen LogP contribution >= 0.6 is 0 Å². The summed E-state index contributed by atoms with van der Waals surface area (Å²) < 4.78 is 14.4. The van der Waals surface area contributed by atoms with Gasteiger partial charge in [0.25, 0.3) is 0 Å². The van der Waals surface area contributed by atoms with Crippen molar-refractivity contribution in [2.45, 2.75) is 13.0 Å². The molecule has 0 radical (unpaired) electrons. The number of hydrogen-bond donors (Lipinski definition) is 2. The summed E-state index contributed by atoms with van der Waals surface area (Å²) in [7, 11) is 1.81. The zero-order valence-electron chi connectivity index (χ0n) is 9.81. The largest absolute Gasteiger partial charge is 0.394 e. The highest BCUT2D eigenvalue weighted by molar-refractivity contribution is 5.60. The van der Waals surface area contributed by atoms with Gasteiger partial charge < -0.3 is 11.1 Å². The van der Waals surface area contributed by atoms with E-state index >= 15 is 0 Å². The summed E-state index contributed by atoms with van der Waals surface area (Å²) >= 11 is 0. The maximum Gasteiger partial charge on any atom is 0.171 e. The maximum absolute atomic E-state index is 12.8. The summed E-state index contributed by atoms with van der Waals surface area (Å²) in [6.07, 6.45) is 1.74. The lowest BCUT2D eigenvalue weighted by Gasteiger charge is -2.14. The molecule has 1 atom stereocenters. The molecule has 0 saturated carbocycles.